The molecule has 1 aliphatic rings. The summed E-state index contributed by atoms with van der Waals surface area (Å²) in [6.45, 7) is 0. The first-order valence-electron chi connectivity index (χ1n) is 7.57. The lowest BCUT2D eigenvalue weighted by Gasteiger charge is -2.26. The van der Waals surface area contributed by atoms with Crippen LogP contribution in [0.25, 0.3) is 0 Å². The summed E-state index contributed by atoms with van der Waals surface area (Å²) in [6.07, 6.45) is 2.84. The van der Waals surface area contributed by atoms with E-state index in [4.69, 9.17) is 16.7 Å². The van der Waals surface area contributed by atoms with Crippen LogP contribution < -0.4 is 10.5 Å². The number of fused-ring (bicyclic) bond motifs is 1. The summed E-state index contributed by atoms with van der Waals surface area (Å²) < 4.78 is 23.1. The molecule has 126 valence electrons. The van der Waals surface area contributed by atoms with Gasteiger partial charge in [0.2, 0.25) is 10.0 Å². The van der Waals surface area contributed by atoms with Crippen molar-refractivity contribution in [3.05, 3.63) is 64.2 Å². The lowest BCUT2D eigenvalue weighted by molar-refractivity contribution is 0.0932. The quantitative estimate of drug-likeness (QED) is 0.877. The van der Waals surface area contributed by atoms with E-state index in [1.54, 1.807) is 0 Å². The number of benzene rings is 2. The number of sulfonamides is 1. The van der Waals surface area contributed by atoms with Crippen molar-refractivity contribution in [3.8, 4) is 0 Å². The molecule has 0 heterocycles. The Kier molecular flexibility index (Phi) is 4.62. The van der Waals surface area contributed by atoms with E-state index in [1.807, 2.05) is 18.2 Å². The highest BCUT2D eigenvalue weighted by Gasteiger charge is 2.23. The van der Waals surface area contributed by atoms with Crippen molar-refractivity contribution in [2.45, 2.75) is 30.2 Å². The molecule has 3 rings (SSSR count). The minimum absolute atomic E-state index is 0.00272. The van der Waals surface area contributed by atoms with Gasteiger partial charge >= 0.3 is 0 Å². The lowest BCUT2D eigenvalue weighted by Crippen LogP contribution is -2.31. The molecule has 2 aromatic carbocycles. The summed E-state index contributed by atoms with van der Waals surface area (Å²) in [5, 5.41) is 8.10. The fraction of sp³-hybridized carbons (Fsp3) is 0.235. The number of hydrogen-bond donors (Lipinski definition) is 2. The molecule has 0 spiro atoms. The number of aryl methyl sites for hydroxylation is 1. The second-order valence-corrected chi connectivity index (χ2v) is 7.74. The van der Waals surface area contributed by atoms with E-state index in [-0.39, 0.29) is 27.4 Å². The van der Waals surface area contributed by atoms with Gasteiger partial charge in [-0.3, -0.25) is 4.79 Å². The molecule has 0 radical (unpaired) electrons. The minimum Gasteiger partial charge on any atom is -0.345 e. The first kappa shape index (κ1) is 17.0. The fourth-order valence-electron chi connectivity index (χ4n) is 3.01. The topological polar surface area (TPSA) is 89.3 Å². The number of nitrogens with two attached hydrogens (primary N) is 1. The van der Waals surface area contributed by atoms with Gasteiger partial charge in [-0.05, 0) is 48.6 Å². The molecule has 0 saturated heterocycles. The van der Waals surface area contributed by atoms with Gasteiger partial charge in [-0.15, -0.1) is 0 Å². The minimum atomic E-state index is -3.98. The lowest BCUT2D eigenvalue weighted by atomic mass is 9.87. The third-order valence-corrected chi connectivity index (χ3v) is 5.57. The van der Waals surface area contributed by atoms with Gasteiger partial charge in [0.15, 0.2) is 0 Å². The Morgan fingerprint density at radius 1 is 1.21 bits per heavy atom. The van der Waals surface area contributed by atoms with Gasteiger partial charge in [0.25, 0.3) is 5.91 Å². The highest BCUT2D eigenvalue weighted by Crippen LogP contribution is 2.30. The second kappa shape index (κ2) is 6.55. The number of hydrogen-bond acceptors (Lipinski definition) is 3. The molecular formula is C17H17ClN2O3S. The van der Waals surface area contributed by atoms with Crippen molar-refractivity contribution in [2.24, 2.45) is 5.14 Å². The summed E-state index contributed by atoms with van der Waals surface area (Å²) in [6, 6.07) is 12.0. The van der Waals surface area contributed by atoms with Crippen LogP contribution in [-0.4, -0.2) is 14.3 Å². The summed E-state index contributed by atoms with van der Waals surface area (Å²) in [5.74, 6) is -0.349. The number of carbonyl (C=O) groups is 1. The molecule has 7 heteroatoms. The Hall–Kier alpha value is -1.89. The zero-order valence-electron chi connectivity index (χ0n) is 12.8. The molecule has 0 fully saturated rings. The zero-order chi connectivity index (χ0) is 17.3. The molecule has 3 N–H and O–H groups in total. The predicted octanol–water partition coefficient (Wildman–Crippen LogP) is 2.79. The smallest absolute Gasteiger partial charge is 0.251 e. The zero-order valence-corrected chi connectivity index (χ0v) is 14.4. The van der Waals surface area contributed by atoms with Crippen LogP contribution in [0.2, 0.25) is 5.02 Å². The molecule has 0 aliphatic heterocycles. The van der Waals surface area contributed by atoms with Gasteiger partial charge < -0.3 is 5.32 Å². The highest BCUT2D eigenvalue weighted by molar-refractivity contribution is 7.89. The van der Waals surface area contributed by atoms with Crippen LogP contribution in [-0.2, 0) is 16.4 Å². The molecule has 1 atom stereocenters. The van der Waals surface area contributed by atoms with E-state index >= 15 is 0 Å². The van der Waals surface area contributed by atoms with Crippen molar-refractivity contribution in [1.29, 1.82) is 0 Å². The van der Waals surface area contributed by atoms with E-state index in [0.29, 0.717) is 0 Å². The molecule has 0 saturated carbocycles. The molecule has 24 heavy (non-hydrogen) atoms. The first-order chi connectivity index (χ1) is 11.4. The van der Waals surface area contributed by atoms with Crippen molar-refractivity contribution >= 4 is 27.5 Å². The van der Waals surface area contributed by atoms with Gasteiger partial charge in [0, 0.05) is 5.56 Å². The normalized spacial score (nSPS) is 17.2. The molecule has 0 unspecified atom stereocenters. The van der Waals surface area contributed by atoms with Crippen LogP contribution in [0.1, 0.15) is 40.4 Å². The van der Waals surface area contributed by atoms with E-state index in [0.717, 1.165) is 24.8 Å². The average Bonchev–Trinajstić information content (AvgIpc) is 2.54. The summed E-state index contributed by atoms with van der Waals surface area (Å²) >= 11 is 5.85. The number of primary sulfonamides is 1. The molecule has 1 amide bonds. The largest absolute Gasteiger partial charge is 0.345 e. The van der Waals surface area contributed by atoms with Crippen molar-refractivity contribution in [1.82, 2.24) is 5.32 Å². The third kappa shape index (κ3) is 3.45. The number of amides is 1. The van der Waals surface area contributed by atoms with Crippen LogP contribution in [0.15, 0.2) is 47.4 Å². The number of carbonyl (C=O) groups excluding carboxylic acids is 1. The van der Waals surface area contributed by atoms with Crippen LogP contribution in [0.5, 0.6) is 0 Å². The molecular weight excluding hydrogens is 348 g/mol. The van der Waals surface area contributed by atoms with Crippen molar-refractivity contribution in [2.75, 3.05) is 0 Å². The van der Waals surface area contributed by atoms with E-state index in [2.05, 4.69) is 11.4 Å². The Morgan fingerprint density at radius 3 is 2.71 bits per heavy atom. The maximum atomic E-state index is 12.5. The van der Waals surface area contributed by atoms with Crippen LogP contribution in [0, 0.1) is 0 Å². The van der Waals surface area contributed by atoms with Crippen LogP contribution in [0.4, 0.5) is 0 Å². The number of nitrogens with one attached hydrogen (secondary N) is 1. The average molecular weight is 365 g/mol. The maximum Gasteiger partial charge on any atom is 0.251 e. The van der Waals surface area contributed by atoms with Crippen molar-refractivity contribution < 1.29 is 13.2 Å². The monoisotopic (exact) mass is 364 g/mol. The molecule has 0 aromatic heterocycles. The summed E-state index contributed by atoms with van der Waals surface area (Å²) in [7, 11) is -3.98. The van der Waals surface area contributed by atoms with E-state index in [1.165, 1.54) is 23.8 Å². The van der Waals surface area contributed by atoms with E-state index in [9.17, 15) is 13.2 Å². The Bertz CT molecular complexity index is 896. The SMILES string of the molecule is NS(=O)(=O)c1cc(C(=O)N[C@H]2CCCc3ccccc32)ccc1Cl. The molecule has 2 aromatic rings. The van der Waals surface area contributed by atoms with Gasteiger partial charge in [-0.1, -0.05) is 35.9 Å². The van der Waals surface area contributed by atoms with Crippen LogP contribution >= 0.6 is 11.6 Å². The van der Waals surface area contributed by atoms with Gasteiger partial charge in [0.1, 0.15) is 4.90 Å². The molecule has 1 aliphatic carbocycles. The van der Waals surface area contributed by atoms with Gasteiger partial charge in [-0.25, -0.2) is 13.6 Å². The Morgan fingerprint density at radius 2 is 1.96 bits per heavy atom. The molecule has 0 bridgehead atoms. The summed E-state index contributed by atoms with van der Waals surface area (Å²) in [4.78, 5) is 12.3. The third-order valence-electron chi connectivity index (χ3n) is 4.17. The Balaban J connectivity index is 1.87. The first-order valence-corrected chi connectivity index (χ1v) is 9.50. The van der Waals surface area contributed by atoms with E-state index < -0.39 is 10.0 Å². The number of halogens is 1. The van der Waals surface area contributed by atoms with Gasteiger partial charge in [0.05, 0.1) is 11.1 Å². The predicted molar refractivity (Wildman–Crippen MR) is 92.4 cm³/mol. The summed E-state index contributed by atoms with van der Waals surface area (Å²) in [5.41, 5.74) is 2.56. The highest BCUT2D eigenvalue weighted by atomic mass is 35.5. The van der Waals surface area contributed by atoms with Gasteiger partial charge in [-0.2, -0.15) is 0 Å². The fourth-order valence-corrected chi connectivity index (χ4v) is 4.08. The maximum absolute atomic E-state index is 12.5. The number of rotatable bonds is 3. The van der Waals surface area contributed by atoms with Crippen LogP contribution in [0.3, 0.4) is 0 Å². The Labute approximate surface area is 145 Å². The standard InChI is InChI=1S/C17H17ClN2O3S/c18-14-9-8-12(10-16(14)24(19,22)23)17(21)20-15-7-3-5-11-4-1-2-6-13(11)15/h1-2,4,6,8-10,15H,3,5,7H2,(H,20,21)(H2,19,22,23)/t15-/m0/s1. The second-order valence-electron chi connectivity index (χ2n) is 5.81. The van der Waals surface area contributed by atoms with Crippen molar-refractivity contribution in [3.63, 3.8) is 0 Å². The molecule has 5 nitrogen and oxygen atoms in total.